The van der Waals surface area contributed by atoms with Gasteiger partial charge in [-0.2, -0.15) is 0 Å². The van der Waals surface area contributed by atoms with E-state index in [1.807, 2.05) is 0 Å². The number of pyridine rings is 1. The van der Waals surface area contributed by atoms with Crippen LogP contribution in [0.4, 0.5) is 18.9 Å². The van der Waals surface area contributed by atoms with Crippen molar-refractivity contribution < 1.29 is 27.9 Å². The minimum Gasteiger partial charge on any atom is -0.503 e. The van der Waals surface area contributed by atoms with Gasteiger partial charge in [0.05, 0.1) is 10.5 Å². The molecule has 1 aromatic rings. The minimum atomic E-state index is -5.06. The standard InChI is InChI=1S/C7H6F3N3O4/c8-7(9,10)17-6-5(14)3(1-11)4(2-12-6)13(15)16/h2,14H,1,11H2. The summed E-state index contributed by atoms with van der Waals surface area (Å²) in [5.74, 6) is -2.28. The summed E-state index contributed by atoms with van der Waals surface area (Å²) in [6.45, 7) is -0.529. The number of nitrogens with two attached hydrogens (primary N) is 1. The number of halogens is 3. The van der Waals surface area contributed by atoms with Gasteiger partial charge in [-0.3, -0.25) is 10.1 Å². The zero-order valence-electron chi connectivity index (χ0n) is 8.06. The fraction of sp³-hybridized carbons (Fsp3) is 0.286. The lowest BCUT2D eigenvalue weighted by Gasteiger charge is -2.10. The van der Waals surface area contributed by atoms with Gasteiger partial charge in [0.2, 0.25) is 0 Å². The zero-order chi connectivity index (χ0) is 13.2. The molecule has 0 atom stereocenters. The maximum Gasteiger partial charge on any atom is 0.574 e. The Hall–Kier alpha value is -2.10. The van der Waals surface area contributed by atoms with Gasteiger partial charge in [0.15, 0.2) is 5.75 Å². The Morgan fingerprint density at radius 3 is 2.59 bits per heavy atom. The van der Waals surface area contributed by atoms with Crippen molar-refractivity contribution in [2.24, 2.45) is 5.73 Å². The average Bonchev–Trinajstić information content (AvgIpc) is 2.18. The van der Waals surface area contributed by atoms with Crippen LogP contribution in [-0.4, -0.2) is 21.4 Å². The van der Waals surface area contributed by atoms with E-state index in [9.17, 15) is 28.4 Å². The Balaban J connectivity index is 3.25. The maximum atomic E-state index is 11.9. The van der Waals surface area contributed by atoms with Crippen LogP contribution in [0.25, 0.3) is 0 Å². The van der Waals surface area contributed by atoms with Crippen molar-refractivity contribution in [1.82, 2.24) is 4.98 Å². The van der Waals surface area contributed by atoms with Crippen LogP contribution in [0.3, 0.4) is 0 Å². The van der Waals surface area contributed by atoms with Crippen molar-refractivity contribution in [3.63, 3.8) is 0 Å². The first-order valence-electron chi connectivity index (χ1n) is 4.07. The normalized spacial score (nSPS) is 11.3. The van der Waals surface area contributed by atoms with Crippen molar-refractivity contribution in [3.05, 3.63) is 21.9 Å². The van der Waals surface area contributed by atoms with Crippen LogP contribution < -0.4 is 10.5 Å². The highest BCUT2D eigenvalue weighted by atomic mass is 19.4. The summed E-state index contributed by atoms with van der Waals surface area (Å²) >= 11 is 0. The van der Waals surface area contributed by atoms with Gasteiger partial charge in [-0.05, 0) is 0 Å². The second kappa shape index (κ2) is 4.41. The number of aromatic hydroxyl groups is 1. The summed E-state index contributed by atoms with van der Waals surface area (Å²) in [5.41, 5.74) is 3.93. The molecule has 17 heavy (non-hydrogen) atoms. The predicted octanol–water partition coefficient (Wildman–Crippen LogP) is 1.05. The molecular weight excluding hydrogens is 247 g/mol. The van der Waals surface area contributed by atoms with E-state index in [0.717, 1.165) is 0 Å². The number of nitrogens with zero attached hydrogens (tertiary/aromatic N) is 2. The van der Waals surface area contributed by atoms with E-state index in [2.05, 4.69) is 9.72 Å². The number of alkyl halides is 3. The van der Waals surface area contributed by atoms with Crippen molar-refractivity contribution in [3.8, 4) is 11.6 Å². The van der Waals surface area contributed by atoms with Crippen molar-refractivity contribution in [2.45, 2.75) is 12.9 Å². The Morgan fingerprint density at radius 1 is 1.59 bits per heavy atom. The number of rotatable bonds is 3. The van der Waals surface area contributed by atoms with Gasteiger partial charge in [-0.25, -0.2) is 4.98 Å². The van der Waals surface area contributed by atoms with Gasteiger partial charge in [-0.15, -0.1) is 13.2 Å². The number of hydrogen-bond acceptors (Lipinski definition) is 6. The number of hydrogen-bond donors (Lipinski definition) is 2. The van der Waals surface area contributed by atoms with Crippen molar-refractivity contribution in [2.75, 3.05) is 0 Å². The molecule has 0 aromatic carbocycles. The van der Waals surface area contributed by atoms with Crippen LogP contribution >= 0.6 is 0 Å². The molecule has 0 aliphatic rings. The fourth-order valence-corrected chi connectivity index (χ4v) is 1.05. The largest absolute Gasteiger partial charge is 0.574 e. The monoisotopic (exact) mass is 253 g/mol. The van der Waals surface area contributed by atoms with Crippen LogP contribution in [0.2, 0.25) is 0 Å². The second-order valence-corrected chi connectivity index (χ2v) is 2.78. The topological polar surface area (TPSA) is 112 Å². The summed E-state index contributed by atoms with van der Waals surface area (Å²) in [7, 11) is 0. The molecule has 1 aromatic heterocycles. The summed E-state index contributed by atoms with van der Waals surface area (Å²) in [4.78, 5) is 12.5. The Kier molecular flexibility index (Phi) is 3.36. The van der Waals surface area contributed by atoms with E-state index in [4.69, 9.17) is 5.73 Å². The highest BCUT2D eigenvalue weighted by Gasteiger charge is 2.34. The molecule has 0 amide bonds. The van der Waals surface area contributed by atoms with Gasteiger partial charge in [0.1, 0.15) is 6.20 Å². The third-order valence-electron chi connectivity index (χ3n) is 1.71. The third-order valence-corrected chi connectivity index (χ3v) is 1.71. The summed E-state index contributed by atoms with van der Waals surface area (Å²) in [5, 5.41) is 19.8. The smallest absolute Gasteiger partial charge is 0.503 e. The molecule has 94 valence electrons. The molecule has 0 fully saturated rings. The van der Waals surface area contributed by atoms with Crippen molar-refractivity contribution >= 4 is 5.69 Å². The third kappa shape index (κ3) is 2.93. The Labute approximate surface area is 91.8 Å². The van der Waals surface area contributed by atoms with E-state index in [-0.39, 0.29) is 0 Å². The van der Waals surface area contributed by atoms with E-state index in [0.29, 0.717) is 6.20 Å². The van der Waals surface area contributed by atoms with Gasteiger partial charge >= 0.3 is 6.36 Å². The molecular formula is C7H6F3N3O4. The van der Waals surface area contributed by atoms with Gasteiger partial charge in [0, 0.05) is 6.54 Å². The molecule has 1 heterocycles. The molecule has 10 heteroatoms. The molecule has 1 rings (SSSR count). The van der Waals surface area contributed by atoms with Crippen LogP contribution in [0, 0.1) is 10.1 Å². The molecule has 0 unspecified atom stereocenters. The lowest BCUT2D eigenvalue weighted by Crippen LogP contribution is -2.18. The predicted molar refractivity (Wildman–Crippen MR) is 47.1 cm³/mol. The maximum absolute atomic E-state index is 11.9. The summed E-state index contributed by atoms with van der Waals surface area (Å²) in [6, 6.07) is 0. The van der Waals surface area contributed by atoms with Gasteiger partial charge in [-0.1, -0.05) is 0 Å². The quantitative estimate of drug-likeness (QED) is 0.615. The first-order chi connectivity index (χ1) is 7.76. The number of nitro groups is 1. The average molecular weight is 253 g/mol. The Morgan fingerprint density at radius 2 is 2.18 bits per heavy atom. The van der Waals surface area contributed by atoms with Gasteiger partial charge < -0.3 is 15.6 Å². The van der Waals surface area contributed by atoms with E-state index in [1.54, 1.807) is 0 Å². The second-order valence-electron chi connectivity index (χ2n) is 2.78. The fourth-order valence-electron chi connectivity index (χ4n) is 1.05. The first-order valence-corrected chi connectivity index (χ1v) is 4.07. The molecule has 3 N–H and O–H groups in total. The minimum absolute atomic E-state index is 0.482. The lowest BCUT2D eigenvalue weighted by molar-refractivity contribution is -0.386. The summed E-state index contributed by atoms with van der Waals surface area (Å²) < 4.78 is 39.0. The molecule has 0 aliphatic carbocycles. The highest BCUT2D eigenvalue weighted by Crippen LogP contribution is 2.36. The number of ether oxygens (including phenoxy) is 1. The first kappa shape index (κ1) is 13.0. The molecule has 0 saturated carbocycles. The zero-order valence-corrected chi connectivity index (χ0v) is 8.06. The van der Waals surface area contributed by atoms with Crippen molar-refractivity contribution in [1.29, 1.82) is 0 Å². The number of aromatic nitrogens is 1. The van der Waals surface area contributed by atoms with Crippen LogP contribution in [-0.2, 0) is 6.54 Å². The SMILES string of the molecule is NCc1c([N+](=O)[O-])cnc(OC(F)(F)F)c1O. The Bertz CT molecular complexity index is 449. The molecule has 0 saturated heterocycles. The highest BCUT2D eigenvalue weighted by molar-refractivity contribution is 5.51. The molecule has 0 spiro atoms. The molecule has 0 aliphatic heterocycles. The molecule has 0 bridgehead atoms. The van der Waals surface area contributed by atoms with E-state index >= 15 is 0 Å². The molecule has 7 nitrogen and oxygen atoms in total. The lowest BCUT2D eigenvalue weighted by atomic mass is 10.2. The van der Waals surface area contributed by atoms with E-state index < -0.39 is 40.7 Å². The van der Waals surface area contributed by atoms with Crippen LogP contribution in [0.5, 0.6) is 11.6 Å². The van der Waals surface area contributed by atoms with Crippen LogP contribution in [0.1, 0.15) is 5.56 Å². The summed E-state index contributed by atoms with van der Waals surface area (Å²) in [6.07, 6.45) is -4.53. The van der Waals surface area contributed by atoms with E-state index in [1.165, 1.54) is 0 Å². The van der Waals surface area contributed by atoms with Gasteiger partial charge in [0.25, 0.3) is 11.6 Å². The molecule has 0 radical (unpaired) electrons. The van der Waals surface area contributed by atoms with Crippen LogP contribution in [0.15, 0.2) is 6.20 Å².